The van der Waals surface area contributed by atoms with Crippen LogP contribution in [-0.4, -0.2) is 30.2 Å². The molecule has 1 N–H and O–H groups in total. The van der Waals surface area contributed by atoms with Crippen molar-refractivity contribution in [1.82, 2.24) is 20.2 Å². The van der Waals surface area contributed by atoms with Crippen LogP contribution in [0.25, 0.3) is 0 Å². The predicted molar refractivity (Wildman–Crippen MR) is 74.6 cm³/mol. The van der Waals surface area contributed by atoms with E-state index in [-0.39, 0.29) is 23.9 Å². The minimum atomic E-state index is -0.925. The Morgan fingerprint density at radius 2 is 2.29 bits per heavy atom. The molecule has 0 radical (unpaired) electrons. The molecule has 2 aromatic rings. The van der Waals surface area contributed by atoms with Crippen LogP contribution in [-0.2, 0) is 13.7 Å². The molecule has 1 unspecified atom stereocenters. The third-order valence-electron chi connectivity index (χ3n) is 2.60. The molecule has 0 spiro atoms. The smallest absolute Gasteiger partial charge is 0.312 e. The molecule has 1 aromatic carbocycles. The van der Waals surface area contributed by atoms with Gasteiger partial charge in [-0.1, -0.05) is 15.9 Å². The highest BCUT2D eigenvalue weighted by molar-refractivity contribution is 9.10. The van der Waals surface area contributed by atoms with Gasteiger partial charge >= 0.3 is 5.69 Å². The second kappa shape index (κ2) is 6.14. The second-order valence-corrected chi connectivity index (χ2v) is 5.18. The van der Waals surface area contributed by atoms with E-state index in [2.05, 4.69) is 31.3 Å². The van der Waals surface area contributed by atoms with Crippen molar-refractivity contribution in [3.05, 3.63) is 38.1 Å². The van der Waals surface area contributed by atoms with E-state index in [1.165, 1.54) is 17.8 Å². The number of halogens is 1. The molecule has 1 aromatic heterocycles. The Bertz CT molecular complexity index is 673. The molecule has 112 valence electrons. The molecule has 10 heteroatoms. The Hall–Kier alpha value is -2.07. The average molecular weight is 358 g/mol. The van der Waals surface area contributed by atoms with Crippen molar-refractivity contribution < 1.29 is 14.8 Å². The highest BCUT2D eigenvalue weighted by Crippen LogP contribution is 2.38. The first-order valence-corrected chi connectivity index (χ1v) is 6.69. The number of nitrogens with zero attached hydrogens (tertiary/aromatic N) is 5. The average Bonchev–Trinajstić information content (AvgIpc) is 2.81. The Morgan fingerprint density at radius 1 is 1.57 bits per heavy atom. The molecule has 0 aliphatic heterocycles. The Balaban J connectivity index is 2.37. The number of aryl methyl sites for hydroxylation is 1. The van der Waals surface area contributed by atoms with Gasteiger partial charge in [-0.2, -0.15) is 4.80 Å². The van der Waals surface area contributed by atoms with E-state index < -0.39 is 11.0 Å². The quantitative estimate of drug-likeness (QED) is 0.636. The fourth-order valence-corrected chi connectivity index (χ4v) is 2.18. The monoisotopic (exact) mass is 357 g/mol. The zero-order chi connectivity index (χ0) is 15.6. The third kappa shape index (κ3) is 3.52. The number of aromatic nitrogens is 4. The summed E-state index contributed by atoms with van der Waals surface area (Å²) in [7, 11) is 1.60. The minimum absolute atomic E-state index is 0.00865. The standard InChI is InChI=1S/C11H12BrN5O4/c1-6(18)8-3-7(12)4-9(17(19)20)11(8)21-5-10-13-15-16(2)14-10/h3-4,6,18H,5H2,1-2H3. The van der Waals surface area contributed by atoms with Crippen LogP contribution in [0, 0.1) is 10.1 Å². The fraction of sp³-hybridized carbons (Fsp3) is 0.364. The van der Waals surface area contributed by atoms with Crippen LogP contribution in [0.1, 0.15) is 24.4 Å². The molecule has 0 saturated heterocycles. The van der Waals surface area contributed by atoms with E-state index in [4.69, 9.17) is 4.74 Å². The van der Waals surface area contributed by atoms with Crippen LogP contribution < -0.4 is 4.74 Å². The summed E-state index contributed by atoms with van der Waals surface area (Å²) in [5.74, 6) is 0.275. The van der Waals surface area contributed by atoms with Crippen LogP contribution in [0.15, 0.2) is 16.6 Å². The summed E-state index contributed by atoms with van der Waals surface area (Å²) < 4.78 is 5.93. The molecular formula is C11H12BrN5O4. The predicted octanol–water partition coefficient (Wildman–Crippen LogP) is 1.51. The van der Waals surface area contributed by atoms with Crippen molar-refractivity contribution in [2.45, 2.75) is 19.6 Å². The molecule has 0 saturated carbocycles. The van der Waals surface area contributed by atoms with Crippen molar-refractivity contribution >= 4 is 21.6 Å². The first kappa shape index (κ1) is 15.3. The molecule has 1 heterocycles. The largest absolute Gasteiger partial charge is 0.478 e. The van der Waals surface area contributed by atoms with Gasteiger partial charge in [-0.15, -0.1) is 10.2 Å². The number of aliphatic hydroxyl groups is 1. The number of hydrogen-bond acceptors (Lipinski definition) is 7. The summed E-state index contributed by atoms with van der Waals surface area (Å²) in [6.07, 6.45) is -0.925. The summed E-state index contributed by atoms with van der Waals surface area (Å²) in [4.78, 5) is 11.8. The van der Waals surface area contributed by atoms with E-state index in [1.54, 1.807) is 13.1 Å². The van der Waals surface area contributed by atoms with Gasteiger partial charge in [-0.3, -0.25) is 10.1 Å². The van der Waals surface area contributed by atoms with Crippen LogP contribution in [0.4, 0.5) is 5.69 Å². The maximum absolute atomic E-state index is 11.1. The number of hydrogen-bond donors (Lipinski definition) is 1. The second-order valence-electron chi connectivity index (χ2n) is 4.26. The Morgan fingerprint density at radius 3 is 2.81 bits per heavy atom. The van der Waals surface area contributed by atoms with E-state index in [9.17, 15) is 15.2 Å². The molecule has 0 bridgehead atoms. The molecule has 0 fully saturated rings. The van der Waals surface area contributed by atoms with Gasteiger partial charge in [0.1, 0.15) is 0 Å². The topological polar surface area (TPSA) is 116 Å². The Kier molecular flexibility index (Phi) is 4.48. The van der Waals surface area contributed by atoms with Gasteiger partial charge < -0.3 is 9.84 Å². The van der Waals surface area contributed by atoms with Crippen LogP contribution in [0.2, 0.25) is 0 Å². The van der Waals surface area contributed by atoms with Gasteiger partial charge in [-0.25, -0.2) is 0 Å². The van der Waals surface area contributed by atoms with Crippen LogP contribution >= 0.6 is 15.9 Å². The molecule has 21 heavy (non-hydrogen) atoms. The molecule has 0 amide bonds. The highest BCUT2D eigenvalue weighted by Gasteiger charge is 2.23. The number of nitro benzene ring substituents is 1. The first-order valence-electron chi connectivity index (χ1n) is 5.90. The van der Waals surface area contributed by atoms with E-state index in [0.717, 1.165) is 0 Å². The lowest BCUT2D eigenvalue weighted by atomic mass is 10.1. The van der Waals surface area contributed by atoms with Crippen molar-refractivity contribution in [1.29, 1.82) is 0 Å². The summed E-state index contributed by atoms with van der Waals surface area (Å²) in [6, 6.07) is 2.88. The summed E-state index contributed by atoms with van der Waals surface area (Å²) in [6.45, 7) is 1.41. The fourth-order valence-electron chi connectivity index (χ4n) is 1.72. The first-order chi connectivity index (χ1) is 9.88. The van der Waals surface area contributed by atoms with Crippen molar-refractivity contribution in [2.24, 2.45) is 7.05 Å². The third-order valence-corrected chi connectivity index (χ3v) is 3.06. The lowest BCUT2D eigenvalue weighted by Gasteiger charge is -2.13. The normalized spacial score (nSPS) is 12.2. The summed E-state index contributed by atoms with van der Waals surface area (Å²) in [5.41, 5.74) is 0.0594. The molecule has 0 aliphatic carbocycles. The number of rotatable bonds is 5. The minimum Gasteiger partial charge on any atom is -0.478 e. The van der Waals surface area contributed by atoms with E-state index >= 15 is 0 Å². The van der Waals surface area contributed by atoms with Gasteiger partial charge in [0.15, 0.2) is 6.61 Å². The number of tetrazole rings is 1. The molecule has 2 rings (SSSR count). The molecule has 1 atom stereocenters. The number of aliphatic hydroxyl groups excluding tert-OH is 1. The van der Waals surface area contributed by atoms with Gasteiger partial charge in [0.25, 0.3) is 0 Å². The Labute approximate surface area is 127 Å². The van der Waals surface area contributed by atoms with Gasteiger partial charge in [0.05, 0.1) is 18.1 Å². The lowest BCUT2D eigenvalue weighted by molar-refractivity contribution is -0.386. The van der Waals surface area contributed by atoms with Gasteiger partial charge in [0, 0.05) is 16.1 Å². The summed E-state index contributed by atoms with van der Waals surface area (Å²) >= 11 is 3.17. The molecule has 0 aliphatic rings. The lowest BCUT2D eigenvalue weighted by Crippen LogP contribution is -2.06. The zero-order valence-corrected chi connectivity index (χ0v) is 12.8. The maximum Gasteiger partial charge on any atom is 0.312 e. The molecule has 9 nitrogen and oxygen atoms in total. The van der Waals surface area contributed by atoms with Crippen molar-refractivity contribution in [2.75, 3.05) is 0 Å². The summed E-state index contributed by atoms with van der Waals surface area (Å²) in [5, 5.41) is 32.2. The molecular weight excluding hydrogens is 346 g/mol. The maximum atomic E-state index is 11.1. The number of nitro groups is 1. The van der Waals surface area contributed by atoms with Crippen molar-refractivity contribution in [3.63, 3.8) is 0 Å². The highest BCUT2D eigenvalue weighted by atomic mass is 79.9. The number of ether oxygens (including phenoxy) is 1. The number of benzene rings is 1. The van der Waals surface area contributed by atoms with Crippen LogP contribution in [0.3, 0.4) is 0 Å². The van der Waals surface area contributed by atoms with E-state index in [0.29, 0.717) is 10.0 Å². The van der Waals surface area contributed by atoms with Crippen molar-refractivity contribution in [3.8, 4) is 5.75 Å². The van der Waals surface area contributed by atoms with Gasteiger partial charge in [-0.05, 0) is 18.2 Å². The SMILES string of the molecule is CC(O)c1cc(Br)cc([N+](=O)[O-])c1OCc1nnn(C)n1. The zero-order valence-electron chi connectivity index (χ0n) is 11.2. The van der Waals surface area contributed by atoms with Crippen LogP contribution in [0.5, 0.6) is 5.75 Å². The van der Waals surface area contributed by atoms with E-state index in [1.807, 2.05) is 0 Å². The van der Waals surface area contributed by atoms with Gasteiger partial charge in [0.2, 0.25) is 11.6 Å².